The lowest BCUT2D eigenvalue weighted by Gasteiger charge is -2.15. The predicted molar refractivity (Wildman–Crippen MR) is 90.6 cm³/mol. The van der Waals surface area contributed by atoms with Crippen molar-refractivity contribution in [3.63, 3.8) is 0 Å². The fraction of sp³-hybridized carbons (Fsp3) is 0.0526. The highest BCUT2D eigenvalue weighted by Gasteiger charge is 2.09. The van der Waals surface area contributed by atoms with E-state index in [0.29, 0.717) is 6.54 Å². The molecule has 0 spiro atoms. The Balaban J connectivity index is 1.90. The van der Waals surface area contributed by atoms with Gasteiger partial charge in [0.1, 0.15) is 11.5 Å². The minimum atomic E-state index is 0.401. The highest BCUT2D eigenvalue weighted by atomic mass is 16.5. The summed E-state index contributed by atoms with van der Waals surface area (Å²) in [6, 6.07) is 25.6. The molecule has 0 bridgehead atoms. The average molecular weight is 290 g/mol. The van der Waals surface area contributed by atoms with Gasteiger partial charge in [0.05, 0.1) is 0 Å². The number of nitrogens with one attached hydrogen (secondary N) is 1. The SMILES string of the molecule is NCc1c(Nc2ccccc2)cccc1Oc1ccccc1. The Morgan fingerprint density at radius 2 is 1.45 bits per heavy atom. The number of rotatable bonds is 5. The number of ether oxygens (including phenoxy) is 1. The van der Waals surface area contributed by atoms with Crippen molar-refractivity contribution in [2.45, 2.75) is 6.54 Å². The van der Waals surface area contributed by atoms with Crippen LogP contribution in [0.3, 0.4) is 0 Å². The monoisotopic (exact) mass is 290 g/mol. The van der Waals surface area contributed by atoms with Crippen LogP contribution in [0.5, 0.6) is 11.5 Å². The van der Waals surface area contributed by atoms with Crippen molar-refractivity contribution in [3.8, 4) is 11.5 Å². The molecule has 3 nitrogen and oxygen atoms in total. The minimum absolute atomic E-state index is 0.401. The third-order valence-electron chi connectivity index (χ3n) is 3.36. The normalized spacial score (nSPS) is 10.2. The summed E-state index contributed by atoms with van der Waals surface area (Å²) in [4.78, 5) is 0. The Labute approximate surface area is 130 Å². The molecule has 0 aliphatic carbocycles. The highest BCUT2D eigenvalue weighted by Crippen LogP contribution is 2.31. The smallest absolute Gasteiger partial charge is 0.133 e. The van der Waals surface area contributed by atoms with E-state index in [1.54, 1.807) is 0 Å². The van der Waals surface area contributed by atoms with Crippen LogP contribution in [0.1, 0.15) is 5.56 Å². The van der Waals surface area contributed by atoms with Crippen molar-refractivity contribution < 1.29 is 4.74 Å². The molecule has 3 heteroatoms. The molecule has 0 saturated carbocycles. The van der Waals surface area contributed by atoms with Crippen LogP contribution in [0.4, 0.5) is 11.4 Å². The average Bonchev–Trinajstić information content (AvgIpc) is 2.57. The molecule has 0 unspecified atom stereocenters. The molecule has 0 aromatic heterocycles. The van der Waals surface area contributed by atoms with Crippen LogP contribution < -0.4 is 15.8 Å². The van der Waals surface area contributed by atoms with Gasteiger partial charge in [-0.05, 0) is 36.4 Å². The van der Waals surface area contributed by atoms with Gasteiger partial charge >= 0.3 is 0 Å². The Kier molecular flexibility index (Phi) is 4.37. The van der Waals surface area contributed by atoms with Crippen LogP contribution in [-0.4, -0.2) is 0 Å². The zero-order valence-corrected chi connectivity index (χ0v) is 12.2. The maximum absolute atomic E-state index is 5.96. The first-order valence-corrected chi connectivity index (χ1v) is 7.24. The molecular formula is C19H18N2O. The fourth-order valence-corrected chi connectivity index (χ4v) is 2.28. The fourth-order valence-electron chi connectivity index (χ4n) is 2.28. The maximum atomic E-state index is 5.96. The number of hydrogen-bond acceptors (Lipinski definition) is 3. The molecule has 0 heterocycles. The van der Waals surface area contributed by atoms with Gasteiger partial charge in [-0.2, -0.15) is 0 Å². The van der Waals surface area contributed by atoms with Gasteiger partial charge in [0.15, 0.2) is 0 Å². The van der Waals surface area contributed by atoms with E-state index in [-0.39, 0.29) is 0 Å². The molecule has 3 rings (SSSR count). The molecule has 0 fully saturated rings. The van der Waals surface area contributed by atoms with Crippen molar-refractivity contribution >= 4 is 11.4 Å². The predicted octanol–water partition coefficient (Wildman–Crippen LogP) is 4.68. The molecule has 0 aliphatic rings. The van der Waals surface area contributed by atoms with E-state index >= 15 is 0 Å². The van der Waals surface area contributed by atoms with Gasteiger partial charge in [-0.15, -0.1) is 0 Å². The highest BCUT2D eigenvalue weighted by molar-refractivity contribution is 5.66. The number of para-hydroxylation sites is 2. The summed E-state index contributed by atoms with van der Waals surface area (Å²) in [6.07, 6.45) is 0. The lowest BCUT2D eigenvalue weighted by atomic mass is 10.1. The van der Waals surface area contributed by atoms with Crippen molar-refractivity contribution in [1.29, 1.82) is 0 Å². The largest absolute Gasteiger partial charge is 0.457 e. The molecule has 0 aliphatic heterocycles. The molecular weight excluding hydrogens is 272 g/mol. The first-order valence-electron chi connectivity index (χ1n) is 7.24. The molecule has 22 heavy (non-hydrogen) atoms. The van der Waals surface area contributed by atoms with Gasteiger partial charge in [-0.25, -0.2) is 0 Å². The van der Waals surface area contributed by atoms with Crippen LogP contribution in [0, 0.1) is 0 Å². The number of benzene rings is 3. The number of nitrogens with two attached hydrogens (primary N) is 1. The Morgan fingerprint density at radius 3 is 2.14 bits per heavy atom. The molecule has 110 valence electrons. The third-order valence-corrected chi connectivity index (χ3v) is 3.36. The van der Waals surface area contributed by atoms with Gasteiger partial charge in [-0.3, -0.25) is 0 Å². The molecule has 3 aromatic rings. The Bertz CT molecular complexity index is 667. The Morgan fingerprint density at radius 1 is 0.773 bits per heavy atom. The van der Waals surface area contributed by atoms with Crippen molar-refractivity contribution in [3.05, 3.63) is 84.4 Å². The van der Waals surface area contributed by atoms with E-state index in [0.717, 1.165) is 28.4 Å². The topological polar surface area (TPSA) is 47.3 Å². The quantitative estimate of drug-likeness (QED) is 0.717. The van der Waals surface area contributed by atoms with Crippen LogP contribution in [-0.2, 0) is 6.54 Å². The van der Waals surface area contributed by atoms with Crippen LogP contribution in [0.15, 0.2) is 78.9 Å². The van der Waals surface area contributed by atoms with E-state index in [2.05, 4.69) is 5.32 Å². The lowest BCUT2D eigenvalue weighted by Crippen LogP contribution is -2.04. The second-order valence-electron chi connectivity index (χ2n) is 4.89. The van der Waals surface area contributed by atoms with Crippen LogP contribution >= 0.6 is 0 Å². The van der Waals surface area contributed by atoms with E-state index in [9.17, 15) is 0 Å². The van der Waals surface area contributed by atoms with Gasteiger partial charge < -0.3 is 15.8 Å². The van der Waals surface area contributed by atoms with Crippen LogP contribution in [0.25, 0.3) is 0 Å². The second kappa shape index (κ2) is 6.78. The molecule has 3 N–H and O–H groups in total. The van der Waals surface area contributed by atoms with Crippen molar-refractivity contribution in [1.82, 2.24) is 0 Å². The second-order valence-corrected chi connectivity index (χ2v) is 4.89. The Hall–Kier alpha value is -2.78. The van der Waals surface area contributed by atoms with Gasteiger partial charge in [-0.1, -0.05) is 42.5 Å². The van der Waals surface area contributed by atoms with Gasteiger partial charge in [0.2, 0.25) is 0 Å². The van der Waals surface area contributed by atoms with Crippen molar-refractivity contribution in [2.75, 3.05) is 5.32 Å². The number of anilines is 2. The van der Waals surface area contributed by atoms with Crippen molar-refractivity contribution in [2.24, 2.45) is 5.73 Å². The summed E-state index contributed by atoms with van der Waals surface area (Å²) in [5, 5.41) is 3.39. The summed E-state index contributed by atoms with van der Waals surface area (Å²) in [7, 11) is 0. The molecule has 0 radical (unpaired) electrons. The number of hydrogen-bond donors (Lipinski definition) is 2. The molecule has 0 saturated heterocycles. The van der Waals surface area contributed by atoms with Crippen LogP contribution in [0.2, 0.25) is 0 Å². The van der Waals surface area contributed by atoms with E-state index < -0.39 is 0 Å². The summed E-state index contributed by atoms with van der Waals surface area (Å²) in [5.41, 5.74) is 8.88. The lowest BCUT2D eigenvalue weighted by molar-refractivity contribution is 0.477. The molecule has 3 aromatic carbocycles. The summed E-state index contributed by atoms with van der Waals surface area (Å²) < 4.78 is 5.96. The minimum Gasteiger partial charge on any atom is -0.457 e. The summed E-state index contributed by atoms with van der Waals surface area (Å²) in [5.74, 6) is 1.57. The first-order chi connectivity index (χ1) is 10.9. The first kappa shape index (κ1) is 14.2. The summed E-state index contributed by atoms with van der Waals surface area (Å²) >= 11 is 0. The molecule has 0 atom stereocenters. The van der Waals surface area contributed by atoms with E-state index in [1.165, 1.54) is 0 Å². The van der Waals surface area contributed by atoms with E-state index in [4.69, 9.17) is 10.5 Å². The van der Waals surface area contributed by atoms with Gasteiger partial charge in [0, 0.05) is 23.5 Å². The zero-order valence-electron chi connectivity index (χ0n) is 12.2. The maximum Gasteiger partial charge on any atom is 0.133 e. The third kappa shape index (κ3) is 3.27. The standard InChI is InChI=1S/C19H18N2O/c20-14-17-18(21-15-8-3-1-4-9-15)12-7-13-19(17)22-16-10-5-2-6-11-16/h1-13,21H,14,20H2. The zero-order chi connectivity index (χ0) is 15.2. The molecule has 0 amide bonds. The van der Waals surface area contributed by atoms with Gasteiger partial charge in [0.25, 0.3) is 0 Å². The van der Waals surface area contributed by atoms with E-state index in [1.807, 2.05) is 78.9 Å². The summed E-state index contributed by atoms with van der Waals surface area (Å²) in [6.45, 7) is 0.401.